The minimum Gasteiger partial charge on any atom is -0.327 e. The number of rotatable bonds is 3. The van der Waals surface area contributed by atoms with E-state index in [2.05, 4.69) is 34.8 Å². The van der Waals surface area contributed by atoms with E-state index in [1.165, 1.54) is 11.9 Å². The smallest absolute Gasteiger partial charge is 0.327 e. The number of hydroxylamine groups is 1. The van der Waals surface area contributed by atoms with Gasteiger partial charge in [0.15, 0.2) is 23.0 Å². The number of halogens is 3. The maximum absolute atomic E-state index is 12.9. The predicted octanol–water partition coefficient (Wildman–Crippen LogP) is -0.0720. The molecule has 1 unspecified atom stereocenters. The van der Waals surface area contributed by atoms with Gasteiger partial charge in [-0.05, 0) is 6.92 Å². The highest BCUT2D eigenvalue weighted by molar-refractivity contribution is 7.80. The van der Waals surface area contributed by atoms with E-state index < -0.39 is 24.0 Å². The van der Waals surface area contributed by atoms with Crippen molar-refractivity contribution >= 4 is 30.1 Å². The molecule has 3 rings (SSSR count). The van der Waals surface area contributed by atoms with Crippen LogP contribution in [0.4, 0.5) is 24.7 Å². The molecule has 3 heterocycles. The standard InChI is InChI=1S/C16H19F3N6O3S/c1-3-4-7-24-10-11(21-14(29)22(2)12(10)26)25(28-13(27)16(17,18)19)15(24)23-8-5-20-6-9-23/h15,20H,5-9H2,1-2H3,(H,21,29). The minimum absolute atomic E-state index is 0.00782. The summed E-state index contributed by atoms with van der Waals surface area (Å²) in [5.74, 6) is 2.90. The van der Waals surface area contributed by atoms with Crippen LogP contribution < -0.4 is 20.8 Å². The van der Waals surface area contributed by atoms with Gasteiger partial charge in [0.1, 0.15) is 0 Å². The number of aromatic nitrogens is 2. The van der Waals surface area contributed by atoms with Gasteiger partial charge >= 0.3 is 12.1 Å². The van der Waals surface area contributed by atoms with Crippen molar-refractivity contribution in [2.75, 3.05) is 42.7 Å². The lowest BCUT2D eigenvalue weighted by molar-refractivity contribution is -0.203. The Kier molecular flexibility index (Phi) is 5.97. The van der Waals surface area contributed by atoms with E-state index >= 15 is 0 Å². The summed E-state index contributed by atoms with van der Waals surface area (Å²) in [5.41, 5.74) is -0.546. The van der Waals surface area contributed by atoms with E-state index in [4.69, 9.17) is 4.84 Å². The van der Waals surface area contributed by atoms with Gasteiger partial charge < -0.3 is 15.1 Å². The van der Waals surface area contributed by atoms with E-state index in [0.29, 0.717) is 26.2 Å². The third kappa shape index (κ3) is 4.00. The Hall–Kier alpha value is -2.43. The summed E-state index contributed by atoms with van der Waals surface area (Å²) in [7, 11) is 1.44. The zero-order valence-corrected chi connectivity index (χ0v) is 16.5. The first-order valence-corrected chi connectivity index (χ1v) is 9.11. The molecule has 1 atom stereocenters. The Balaban J connectivity index is 2.14. The summed E-state index contributed by atoms with van der Waals surface area (Å²) in [6.45, 7) is 3.67. The van der Waals surface area contributed by atoms with Crippen molar-refractivity contribution in [1.82, 2.24) is 19.8 Å². The predicted molar refractivity (Wildman–Crippen MR) is 100 cm³/mol. The number of nitrogens with zero attached hydrogens (tertiary/aromatic N) is 5. The van der Waals surface area contributed by atoms with Crippen molar-refractivity contribution in [3.8, 4) is 11.8 Å². The average molecular weight is 432 g/mol. The molecule has 0 bridgehead atoms. The molecule has 0 amide bonds. The minimum atomic E-state index is -5.21. The number of hydrogen-bond acceptors (Lipinski definition) is 9. The molecule has 0 aromatic carbocycles. The number of anilines is 2. The highest BCUT2D eigenvalue weighted by atomic mass is 32.1. The second kappa shape index (κ2) is 8.13. The highest BCUT2D eigenvalue weighted by Gasteiger charge is 2.50. The van der Waals surface area contributed by atoms with E-state index in [0.717, 1.165) is 9.63 Å². The molecule has 9 nitrogen and oxygen atoms in total. The summed E-state index contributed by atoms with van der Waals surface area (Å²) >= 11 is 4.10. The lowest BCUT2D eigenvalue weighted by atomic mass is 10.3. The number of carbonyl (C=O) groups excluding carboxylic acids is 1. The van der Waals surface area contributed by atoms with Crippen LogP contribution in [0.3, 0.4) is 0 Å². The second-order valence-electron chi connectivity index (χ2n) is 6.34. The number of fused-ring (bicyclic) bond motifs is 1. The van der Waals surface area contributed by atoms with Crippen LogP contribution >= 0.6 is 12.6 Å². The molecule has 29 heavy (non-hydrogen) atoms. The lowest BCUT2D eigenvalue weighted by Gasteiger charge is -2.40. The van der Waals surface area contributed by atoms with E-state index in [-0.39, 0.29) is 23.2 Å². The van der Waals surface area contributed by atoms with Crippen LogP contribution in [-0.2, 0) is 16.7 Å². The number of nitrogens with one attached hydrogen (secondary N) is 1. The largest absolute Gasteiger partial charge is 0.493 e. The second-order valence-corrected chi connectivity index (χ2v) is 6.74. The summed E-state index contributed by atoms with van der Waals surface area (Å²) in [6.07, 6.45) is -6.22. The van der Waals surface area contributed by atoms with Crippen LogP contribution in [0.5, 0.6) is 0 Å². The summed E-state index contributed by atoms with van der Waals surface area (Å²) < 4.78 is 39.9. The maximum atomic E-state index is 12.9. The lowest BCUT2D eigenvalue weighted by Crippen LogP contribution is -2.61. The molecule has 1 fully saturated rings. The SMILES string of the molecule is CC#CCN1c2c(nc(S)n(C)c2=O)N(OC(=O)C(F)(F)F)C1N1CCNCC1. The van der Waals surface area contributed by atoms with Gasteiger partial charge in [0.25, 0.3) is 5.56 Å². The van der Waals surface area contributed by atoms with Gasteiger partial charge in [0.05, 0.1) is 6.54 Å². The Morgan fingerprint density at radius 2 is 2.03 bits per heavy atom. The average Bonchev–Trinajstić information content (AvgIpc) is 2.97. The van der Waals surface area contributed by atoms with Crippen LogP contribution in [0.15, 0.2) is 9.95 Å². The summed E-state index contributed by atoms with van der Waals surface area (Å²) in [6, 6.07) is 0. The van der Waals surface area contributed by atoms with Crippen molar-refractivity contribution in [3.05, 3.63) is 10.4 Å². The third-order valence-electron chi connectivity index (χ3n) is 4.53. The van der Waals surface area contributed by atoms with Crippen LogP contribution in [0, 0.1) is 11.8 Å². The first kappa shape index (κ1) is 21.3. The molecule has 1 N–H and O–H groups in total. The molecular weight excluding hydrogens is 413 g/mol. The molecule has 1 aromatic rings. The molecule has 2 aliphatic rings. The first-order valence-electron chi connectivity index (χ1n) is 8.66. The maximum Gasteiger partial charge on any atom is 0.493 e. The highest BCUT2D eigenvalue weighted by Crippen LogP contribution is 2.38. The zero-order chi connectivity index (χ0) is 21.3. The summed E-state index contributed by atoms with van der Waals surface area (Å²) in [5, 5.41) is 3.83. The number of carbonyl (C=O) groups is 1. The van der Waals surface area contributed by atoms with E-state index in [1.54, 1.807) is 11.8 Å². The van der Waals surface area contributed by atoms with Crippen LogP contribution in [0.2, 0.25) is 0 Å². The summed E-state index contributed by atoms with van der Waals surface area (Å²) in [4.78, 5) is 36.6. The number of thiol groups is 1. The molecule has 0 saturated carbocycles. The number of hydrogen-bond donors (Lipinski definition) is 2. The topological polar surface area (TPSA) is 82.9 Å². The van der Waals surface area contributed by atoms with Gasteiger partial charge in [-0.3, -0.25) is 14.3 Å². The Labute approximate surface area is 169 Å². The molecule has 1 saturated heterocycles. The van der Waals surface area contributed by atoms with Crippen molar-refractivity contribution in [3.63, 3.8) is 0 Å². The van der Waals surface area contributed by atoms with Crippen molar-refractivity contribution < 1.29 is 22.8 Å². The molecule has 1 aromatic heterocycles. The molecule has 0 aliphatic carbocycles. The fraction of sp³-hybridized carbons (Fsp3) is 0.562. The van der Waals surface area contributed by atoms with Crippen LogP contribution in [0.25, 0.3) is 0 Å². The number of alkyl halides is 3. The van der Waals surface area contributed by atoms with Gasteiger partial charge in [-0.2, -0.15) is 13.2 Å². The van der Waals surface area contributed by atoms with Crippen molar-refractivity contribution in [2.45, 2.75) is 24.5 Å². The Morgan fingerprint density at radius 3 is 2.62 bits per heavy atom. The van der Waals surface area contributed by atoms with E-state index in [9.17, 15) is 22.8 Å². The zero-order valence-electron chi connectivity index (χ0n) is 15.7. The Bertz CT molecular complexity index is 919. The fourth-order valence-electron chi connectivity index (χ4n) is 3.14. The molecule has 13 heteroatoms. The Morgan fingerprint density at radius 1 is 1.38 bits per heavy atom. The van der Waals surface area contributed by atoms with Crippen LogP contribution in [-0.4, -0.2) is 65.6 Å². The van der Waals surface area contributed by atoms with E-state index in [1.807, 2.05) is 0 Å². The fourth-order valence-corrected chi connectivity index (χ4v) is 3.32. The van der Waals surface area contributed by atoms with Gasteiger partial charge in [-0.1, -0.05) is 5.92 Å². The van der Waals surface area contributed by atoms with Gasteiger partial charge in [0, 0.05) is 33.2 Å². The monoisotopic (exact) mass is 432 g/mol. The number of piperazine rings is 1. The molecule has 0 spiro atoms. The van der Waals surface area contributed by atoms with Crippen LogP contribution in [0.1, 0.15) is 6.92 Å². The third-order valence-corrected chi connectivity index (χ3v) is 4.93. The molecule has 158 valence electrons. The van der Waals surface area contributed by atoms with Gasteiger partial charge in [-0.15, -0.1) is 23.6 Å². The molecular formula is C16H19F3N6O3S. The van der Waals surface area contributed by atoms with Crippen molar-refractivity contribution in [1.29, 1.82) is 0 Å². The van der Waals surface area contributed by atoms with Gasteiger partial charge in [0.2, 0.25) is 0 Å². The van der Waals surface area contributed by atoms with Crippen molar-refractivity contribution in [2.24, 2.45) is 7.05 Å². The normalized spacial score (nSPS) is 19.6. The molecule has 2 aliphatic heterocycles. The van der Waals surface area contributed by atoms with Gasteiger partial charge in [-0.25, -0.2) is 9.78 Å². The molecule has 0 radical (unpaired) electrons. The first-order chi connectivity index (χ1) is 13.7. The quantitative estimate of drug-likeness (QED) is 0.390.